The van der Waals surface area contributed by atoms with Crippen LogP contribution in [0, 0.1) is 18.8 Å². The summed E-state index contributed by atoms with van der Waals surface area (Å²) >= 11 is 1.34. The lowest BCUT2D eigenvalue weighted by atomic mass is 9.89. The van der Waals surface area contributed by atoms with E-state index in [0.29, 0.717) is 17.3 Å². The van der Waals surface area contributed by atoms with Gasteiger partial charge in [-0.1, -0.05) is 19.9 Å². The number of carbonyl (C=O) groups is 2. The van der Waals surface area contributed by atoms with Gasteiger partial charge in [-0.2, -0.15) is 0 Å². The van der Waals surface area contributed by atoms with Crippen LogP contribution in [0.2, 0.25) is 0 Å². The fraction of sp³-hybridized carbons (Fsp3) is 0.450. The molecule has 6 heteroatoms. The maximum Gasteiger partial charge on any atom is 0.261 e. The smallest absolute Gasteiger partial charge is 0.261 e. The quantitative estimate of drug-likeness (QED) is 0.774. The van der Waals surface area contributed by atoms with E-state index >= 15 is 0 Å². The summed E-state index contributed by atoms with van der Waals surface area (Å²) in [5, 5.41) is 6.72. The van der Waals surface area contributed by atoms with E-state index in [9.17, 15) is 9.59 Å². The number of pyridine rings is 1. The molecule has 0 bridgehead atoms. The lowest BCUT2D eigenvalue weighted by molar-refractivity contribution is -0.117. The molecule has 1 fully saturated rings. The van der Waals surface area contributed by atoms with Crippen molar-refractivity contribution in [1.82, 2.24) is 10.3 Å². The molecule has 0 radical (unpaired) electrons. The maximum absolute atomic E-state index is 12.6. The molecule has 0 aromatic carbocycles. The van der Waals surface area contributed by atoms with Crippen molar-refractivity contribution < 1.29 is 9.59 Å². The molecule has 26 heavy (non-hydrogen) atoms. The van der Waals surface area contributed by atoms with E-state index in [-0.39, 0.29) is 23.7 Å². The van der Waals surface area contributed by atoms with Crippen LogP contribution in [0.15, 0.2) is 30.6 Å². The molecule has 2 heterocycles. The molecule has 0 unspecified atom stereocenters. The van der Waals surface area contributed by atoms with Gasteiger partial charge in [-0.25, -0.2) is 0 Å². The number of aryl methyl sites for hydroxylation is 1. The third-order valence-electron chi connectivity index (χ3n) is 4.72. The SMILES string of the molecule is Cc1cc(NC(=O)C2CC2)sc1C(=O)NC[C@H](c1cccnc1)C(C)C. The second-order valence-corrected chi connectivity index (χ2v) is 8.29. The second kappa shape index (κ2) is 7.99. The highest BCUT2D eigenvalue weighted by molar-refractivity contribution is 7.18. The number of nitrogens with zero attached hydrogens (tertiary/aromatic N) is 1. The summed E-state index contributed by atoms with van der Waals surface area (Å²) in [6.07, 6.45) is 5.55. The molecule has 2 aromatic heterocycles. The maximum atomic E-state index is 12.6. The van der Waals surface area contributed by atoms with Gasteiger partial charge in [0.05, 0.1) is 9.88 Å². The monoisotopic (exact) mass is 371 g/mol. The highest BCUT2D eigenvalue weighted by atomic mass is 32.1. The van der Waals surface area contributed by atoms with Gasteiger partial charge in [0.15, 0.2) is 0 Å². The number of aromatic nitrogens is 1. The Hall–Kier alpha value is -2.21. The van der Waals surface area contributed by atoms with Crippen LogP contribution in [0.4, 0.5) is 5.00 Å². The fourth-order valence-electron chi connectivity index (χ4n) is 2.95. The Morgan fingerprint density at radius 2 is 2.12 bits per heavy atom. The van der Waals surface area contributed by atoms with Gasteiger partial charge in [-0.15, -0.1) is 11.3 Å². The van der Waals surface area contributed by atoms with Crippen LogP contribution >= 0.6 is 11.3 Å². The lowest BCUT2D eigenvalue weighted by Crippen LogP contribution is -2.30. The van der Waals surface area contributed by atoms with Crippen LogP contribution in [0.1, 0.15) is 53.4 Å². The summed E-state index contributed by atoms with van der Waals surface area (Å²) < 4.78 is 0. The minimum Gasteiger partial charge on any atom is -0.351 e. The van der Waals surface area contributed by atoms with Crippen LogP contribution in [-0.4, -0.2) is 23.3 Å². The van der Waals surface area contributed by atoms with Crippen molar-refractivity contribution >= 4 is 28.2 Å². The van der Waals surface area contributed by atoms with Gasteiger partial charge >= 0.3 is 0 Å². The number of thiophene rings is 1. The predicted molar refractivity (Wildman–Crippen MR) is 105 cm³/mol. The Balaban J connectivity index is 1.63. The molecule has 0 spiro atoms. The molecule has 0 saturated heterocycles. The first kappa shape index (κ1) is 18.6. The Kier molecular flexibility index (Phi) is 5.71. The van der Waals surface area contributed by atoms with E-state index < -0.39 is 0 Å². The third-order valence-corrected chi connectivity index (χ3v) is 5.87. The number of hydrogen-bond donors (Lipinski definition) is 2. The molecule has 1 atom stereocenters. The van der Waals surface area contributed by atoms with Gasteiger partial charge < -0.3 is 10.6 Å². The van der Waals surface area contributed by atoms with Gasteiger partial charge in [0.25, 0.3) is 5.91 Å². The zero-order chi connectivity index (χ0) is 18.7. The Morgan fingerprint density at radius 1 is 1.35 bits per heavy atom. The number of carbonyl (C=O) groups excluding carboxylic acids is 2. The summed E-state index contributed by atoms with van der Waals surface area (Å²) in [4.78, 5) is 29.4. The molecule has 1 aliphatic carbocycles. The summed E-state index contributed by atoms with van der Waals surface area (Å²) in [5.41, 5.74) is 2.02. The minimum absolute atomic E-state index is 0.0645. The molecule has 138 valence electrons. The topological polar surface area (TPSA) is 71.1 Å². The van der Waals surface area contributed by atoms with Crippen molar-refractivity contribution in [3.63, 3.8) is 0 Å². The van der Waals surface area contributed by atoms with Crippen LogP contribution in [0.5, 0.6) is 0 Å². The lowest BCUT2D eigenvalue weighted by Gasteiger charge is -2.21. The molecule has 1 aliphatic rings. The number of hydrogen-bond acceptors (Lipinski definition) is 4. The van der Waals surface area contributed by atoms with Gasteiger partial charge in [0, 0.05) is 30.8 Å². The van der Waals surface area contributed by atoms with E-state index in [4.69, 9.17) is 0 Å². The van der Waals surface area contributed by atoms with E-state index in [1.165, 1.54) is 11.3 Å². The normalized spacial score (nSPS) is 14.9. The standard InChI is InChI=1S/C20H25N3O2S/c1-12(2)16(15-5-4-8-21-10-15)11-22-20(25)18-13(3)9-17(26-18)23-19(24)14-6-7-14/h4-5,8-10,12,14,16H,6-7,11H2,1-3H3,(H,22,25)(H,23,24)/t16-/m0/s1. The molecule has 2 aromatic rings. The van der Waals surface area contributed by atoms with Crippen molar-refractivity contribution in [2.45, 2.75) is 39.5 Å². The van der Waals surface area contributed by atoms with Gasteiger partial charge in [-0.3, -0.25) is 14.6 Å². The van der Waals surface area contributed by atoms with Gasteiger partial charge in [0.2, 0.25) is 5.91 Å². The number of nitrogens with one attached hydrogen (secondary N) is 2. The van der Waals surface area contributed by atoms with Crippen LogP contribution in [0.25, 0.3) is 0 Å². The molecular weight excluding hydrogens is 346 g/mol. The Labute approximate surface area is 158 Å². The van der Waals surface area contributed by atoms with Gasteiger partial charge in [-0.05, 0) is 48.9 Å². The average molecular weight is 372 g/mol. The van der Waals surface area contributed by atoms with Crippen LogP contribution in [0.3, 0.4) is 0 Å². The van der Waals surface area contributed by atoms with Crippen molar-refractivity contribution in [2.24, 2.45) is 11.8 Å². The highest BCUT2D eigenvalue weighted by Gasteiger charge is 2.30. The third kappa shape index (κ3) is 4.49. The summed E-state index contributed by atoms with van der Waals surface area (Å²) in [5.74, 6) is 0.726. The molecule has 5 nitrogen and oxygen atoms in total. The van der Waals surface area contributed by atoms with Crippen molar-refractivity contribution in [3.05, 3.63) is 46.6 Å². The average Bonchev–Trinajstić information content (AvgIpc) is 3.39. The van der Waals surface area contributed by atoms with Crippen molar-refractivity contribution in [3.8, 4) is 0 Å². The first-order chi connectivity index (χ1) is 12.5. The van der Waals surface area contributed by atoms with E-state index in [1.807, 2.05) is 31.3 Å². The van der Waals surface area contributed by atoms with Crippen molar-refractivity contribution in [2.75, 3.05) is 11.9 Å². The number of anilines is 1. The number of amides is 2. The molecule has 2 N–H and O–H groups in total. The highest BCUT2D eigenvalue weighted by Crippen LogP contribution is 2.33. The predicted octanol–water partition coefficient (Wildman–Crippen LogP) is 3.97. The molecule has 3 rings (SSSR count). The first-order valence-corrected chi connectivity index (χ1v) is 9.86. The second-order valence-electron chi connectivity index (χ2n) is 7.23. The van der Waals surface area contributed by atoms with E-state index in [0.717, 1.165) is 29.0 Å². The Bertz CT molecular complexity index is 782. The minimum atomic E-state index is -0.0889. The molecule has 2 amide bonds. The molecule has 1 saturated carbocycles. The molecular formula is C20H25N3O2S. The van der Waals surface area contributed by atoms with E-state index in [1.54, 1.807) is 6.20 Å². The summed E-state index contributed by atoms with van der Waals surface area (Å²) in [7, 11) is 0. The van der Waals surface area contributed by atoms with Gasteiger partial charge in [0.1, 0.15) is 0 Å². The fourth-order valence-corrected chi connectivity index (χ4v) is 3.95. The zero-order valence-electron chi connectivity index (χ0n) is 15.4. The van der Waals surface area contributed by atoms with Crippen LogP contribution < -0.4 is 10.6 Å². The van der Waals surface area contributed by atoms with E-state index in [2.05, 4.69) is 29.5 Å². The van der Waals surface area contributed by atoms with Crippen LogP contribution in [-0.2, 0) is 4.79 Å². The zero-order valence-corrected chi connectivity index (χ0v) is 16.2. The number of rotatable bonds is 7. The summed E-state index contributed by atoms with van der Waals surface area (Å²) in [6, 6.07) is 5.84. The first-order valence-electron chi connectivity index (χ1n) is 9.05. The molecule has 0 aliphatic heterocycles. The summed E-state index contributed by atoms with van der Waals surface area (Å²) in [6.45, 7) is 6.75. The Morgan fingerprint density at radius 3 is 2.73 bits per heavy atom. The largest absolute Gasteiger partial charge is 0.351 e. The van der Waals surface area contributed by atoms with Crippen molar-refractivity contribution in [1.29, 1.82) is 0 Å².